The molecule has 1 aliphatic rings. The van der Waals surface area contributed by atoms with E-state index in [0.717, 1.165) is 0 Å². The van der Waals surface area contributed by atoms with Crippen LogP contribution in [0.1, 0.15) is 0 Å². The van der Waals surface area contributed by atoms with Crippen molar-refractivity contribution in [3.05, 3.63) is 0 Å². The Labute approximate surface area is 111 Å². The van der Waals surface area contributed by atoms with Crippen LogP contribution in [-0.2, 0) is 0 Å². The highest BCUT2D eigenvalue weighted by Gasteiger charge is 2.95. The first kappa shape index (κ1) is 19.1. The van der Waals surface area contributed by atoms with E-state index >= 15 is 0 Å². The second kappa shape index (κ2) is 4.30. The van der Waals surface area contributed by atoms with E-state index in [-0.39, 0.29) is 0 Å². The smallest absolute Gasteiger partial charge is 0.240 e. The second-order valence-corrected chi connectivity index (χ2v) is 4.41. The minimum atomic E-state index is -7.40. The van der Waals surface area contributed by atoms with Crippen LogP contribution in [-0.4, -0.2) is 42.0 Å². The first-order chi connectivity index (χ1) is 9.28. The van der Waals surface area contributed by atoms with E-state index in [4.69, 9.17) is 0 Å². The van der Waals surface area contributed by atoms with E-state index in [9.17, 15) is 61.5 Å². The fourth-order valence-electron chi connectivity index (χ4n) is 1.95. The van der Waals surface area contributed by atoms with Gasteiger partial charge in [-0.3, -0.25) is 0 Å². The molecule has 2 atom stereocenters. The lowest BCUT2D eigenvalue weighted by Crippen LogP contribution is -2.64. The van der Waals surface area contributed by atoms with Gasteiger partial charge in [0.2, 0.25) is 0 Å². The molecule has 0 saturated heterocycles. The monoisotopic (exact) mass is 364 g/mol. The fraction of sp³-hybridized carbons (Fsp3) is 1.00. The van der Waals surface area contributed by atoms with Crippen LogP contribution in [0.3, 0.4) is 0 Å². The predicted octanol–water partition coefficient (Wildman–Crippen LogP) is 4.69. The molecule has 2 unspecified atom stereocenters. The van der Waals surface area contributed by atoms with Crippen LogP contribution in [0.25, 0.3) is 0 Å². The molecule has 0 aliphatic heterocycles. The molecule has 1 aliphatic carbocycles. The molecule has 14 heteroatoms. The van der Waals surface area contributed by atoms with Gasteiger partial charge in [-0.15, -0.1) is 0 Å². The SMILES string of the molecule is FC1C(C(F)(C(F)(F)F)C(F)(F)F)C(F)(F)C(F)(F)C1(F)F. The average Bonchev–Trinajstić information content (AvgIpc) is 2.32. The molecule has 0 nitrogen and oxygen atoms in total. The molecule has 0 aromatic rings. The molecule has 0 radical (unpaired) electrons. The van der Waals surface area contributed by atoms with Crippen LogP contribution in [0.15, 0.2) is 0 Å². The molecule has 0 aromatic carbocycles. The third-order valence-electron chi connectivity index (χ3n) is 3.12. The highest BCUT2D eigenvalue weighted by molar-refractivity contribution is 5.21. The van der Waals surface area contributed by atoms with Gasteiger partial charge >= 0.3 is 35.8 Å². The van der Waals surface area contributed by atoms with Crippen molar-refractivity contribution in [1.82, 2.24) is 0 Å². The van der Waals surface area contributed by atoms with Gasteiger partial charge in [-0.25, -0.2) is 8.78 Å². The second-order valence-electron chi connectivity index (χ2n) is 4.41. The maximum Gasteiger partial charge on any atom is 0.432 e. The van der Waals surface area contributed by atoms with E-state index in [1.54, 1.807) is 0 Å². The van der Waals surface area contributed by atoms with Crippen LogP contribution in [0.5, 0.6) is 0 Å². The Kier molecular flexibility index (Phi) is 3.73. The van der Waals surface area contributed by atoms with Crippen LogP contribution in [0.2, 0.25) is 0 Å². The van der Waals surface area contributed by atoms with Gasteiger partial charge in [0.05, 0.1) is 0 Å². The summed E-state index contributed by atoms with van der Waals surface area (Å²) < 4.78 is 176. The maximum atomic E-state index is 13.3. The standard InChI is InChI=1S/C8H2F14/c9-2-1(3(10,7(17,18)19)8(20,21)22)4(11,12)6(15,16)5(2,13)14/h1-2H. The summed E-state index contributed by atoms with van der Waals surface area (Å²) in [5.74, 6) is -26.3. The summed E-state index contributed by atoms with van der Waals surface area (Å²) in [6.07, 6.45) is -20.2. The first-order valence-corrected chi connectivity index (χ1v) is 4.87. The topological polar surface area (TPSA) is 0 Å². The van der Waals surface area contributed by atoms with E-state index in [0.29, 0.717) is 0 Å². The average molecular weight is 364 g/mol. The Morgan fingerprint density at radius 3 is 1.09 bits per heavy atom. The Morgan fingerprint density at radius 1 is 0.591 bits per heavy atom. The van der Waals surface area contributed by atoms with Crippen molar-refractivity contribution >= 4 is 0 Å². The predicted molar refractivity (Wildman–Crippen MR) is 39.2 cm³/mol. The third kappa shape index (κ3) is 1.90. The van der Waals surface area contributed by atoms with Crippen molar-refractivity contribution in [1.29, 1.82) is 0 Å². The van der Waals surface area contributed by atoms with Crippen LogP contribution in [0, 0.1) is 5.92 Å². The first-order valence-electron chi connectivity index (χ1n) is 4.87. The summed E-state index contributed by atoms with van der Waals surface area (Å²) in [6, 6.07) is 0. The van der Waals surface area contributed by atoms with Crippen LogP contribution >= 0.6 is 0 Å². The molecule has 1 saturated carbocycles. The lowest BCUT2D eigenvalue weighted by atomic mass is 9.83. The van der Waals surface area contributed by atoms with Crippen molar-refractivity contribution < 1.29 is 61.5 Å². The molecular weight excluding hydrogens is 362 g/mol. The molecule has 0 bridgehead atoms. The minimum Gasteiger partial charge on any atom is -0.240 e. The Balaban J connectivity index is 3.72. The maximum absolute atomic E-state index is 13.3. The molecule has 0 amide bonds. The summed E-state index contributed by atoms with van der Waals surface area (Å²) in [5.41, 5.74) is -7.31. The molecule has 22 heavy (non-hydrogen) atoms. The summed E-state index contributed by atoms with van der Waals surface area (Å²) in [4.78, 5) is 0. The van der Waals surface area contributed by atoms with Crippen molar-refractivity contribution in [2.75, 3.05) is 0 Å². The van der Waals surface area contributed by atoms with Crippen LogP contribution < -0.4 is 0 Å². The Hall–Kier alpha value is -0.980. The van der Waals surface area contributed by atoms with Crippen molar-refractivity contribution in [3.8, 4) is 0 Å². The van der Waals surface area contributed by atoms with Gasteiger partial charge in [0.15, 0.2) is 6.17 Å². The minimum absolute atomic E-state index is 5.44. The zero-order valence-corrected chi connectivity index (χ0v) is 9.45. The zero-order chi connectivity index (χ0) is 18.2. The Bertz CT molecular complexity index is 427. The van der Waals surface area contributed by atoms with Crippen molar-refractivity contribution in [2.45, 2.75) is 42.0 Å². The van der Waals surface area contributed by atoms with E-state index in [2.05, 4.69) is 0 Å². The number of halogens is 14. The van der Waals surface area contributed by atoms with Crippen LogP contribution in [0.4, 0.5) is 61.5 Å². The van der Waals surface area contributed by atoms with Gasteiger partial charge in [-0.05, 0) is 0 Å². The molecular formula is C8H2F14. The third-order valence-corrected chi connectivity index (χ3v) is 3.12. The summed E-state index contributed by atoms with van der Waals surface area (Å²) >= 11 is 0. The van der Waals surface area contributed by atoms with Gasteiger partial charge in [-0.1, -0.05) is 0 Å². The van der Waals surface area contributed by atoms with E-state index in [1.165, 1.54) is 0 Å². The van der Waals surface area contributed by atoms with Crippen molar-refractivity contribution in [2.24, 2.45) is 5.92 Å². The van der Waals surface area contributed by atoms with Gasteiger partial charge in [-0.2, -0.15) is 52.7 Å². The highest BCUT2D eigenvalue weighted by atomic mass is 19.4. The number of alkyl halides is 14. The van der Waals surface area contributed by atoms with E-state index in [1.807, 2.05) is 0 Å². The quantitative estimate of drug-likeness (QED) is 0.592. The summed E-state index contributed by atoms with van der Waals surface area (Å²) in [5, 5.41) is 0. The van der Waals surface area contributed by atoms with Gasteiger partial charge in [0, 0.05) is 0 Å². The Morgan fingerprint density at radius 2 is 0.909 bits per heavy atom. The summed E-state index contributed by atoms with van der Waals surface area (Å²) in [6.45, 7) is 0. The number of rotatable bonds is 1. The molecule has 0 heterocycles. The molecule has 0 spiro atoms. The van der Waals surface area contributed by atoms with E-state index < -0.39 is 47.9 Å². The molecule has 132 valence electrons. The van der Waals surface area contributed by atoms with Gasteiger partial charge in [0.25, 0.3) is 0 Å². The number of hydrogen-bond donors (Lipinski definition) is 0. The van der Waals surface area contributed by atoms with Gasteiger partial charge < -0.3 is 0 Å². The molecule has 1 fully saturated rings. The summed E-state index contributed by atoms with van der Waals surface area (Å²) in [7, 11) is 0. The molecule has 0 aromatic heterocycles. The lowest BCUT2D eigenvalue weighted by Gasteiger charge is -2.37. The highest BCUT2D eigenvalue weighted by Crippen LogP contribution is 2.67. The largest absolute Gasteiger partial charge is 0.432 e. The molecule has 0 N–H and O–H groups in total. The fourth-order valence-corrected chi connectivity index (χ4v) is 1.95. The number of hydrogen-bond acceptors (Lipinski definition) is 0. The zero-order valence-electron chi connectivity index (χ0n) is 9.45. The van der Waals surface area contributed by atoms with Crippen molar-refractivity contribution in [3.63, 3.8) is 0 Å². The molecule has 1 rings (SSSR count). The normalized spacial score (nSPS) is 31.4. The van der Waals surface area contributed by atoms with Gasteiger partial charge in [0.1, 0.15) is 5.92 Å². The lowest BCUT2D eigenvalue weighted by molar-refractivity contribution is -0.382.